The predicted molar refractivity (Wildman–Crippen MR) is 254 cm³/mol. The minimum atomic E-state index is -1.75. The Kier molecular flexibility index (Phi) is 7.34. The number of anilines is 7. The van der Waals surface area contributed by atoms with E-state index in [2.05, 4.69) is 189 Å². The molecule has 6 aromatic rings. The molecule has 2 aliphatic carbocycles. The Hall–Kier alpha value is -5.00. The van der Waals surface area contributed by atoms with Crippen molar-refractivity contribution in [2.45, 2.75) is 114 Å². The van der Waals surface area contributed by atoms with Crippen molar-refractivity contribution in [2.24, 2.45) is 0 Å². The van der Waals surface area contributed by atoms with E-state index in [9.17, 15) is 0 Å². The Labute approximate surface area is 353 Å². The van der Waals surface area contributed by atoms with E-state index in [1.165, 1.54) is 112 Å². The summed E-state index contributed by atoms with van der Waals surface area (Å²) in [5.41, 5.74) is 18.2. The molecule has 4 heterocycles. The van der Waals surface area contributed by atoms with Gasteiger partial charge in [0.25, 0.3) is 6.71 Å². The van der Waals surface area contributed by atoms with Crippen LogP contribution in [0, 0.1) is 0 Å². The largest absolute Gasteiger partial charge is 0.335 e. The molecule has 0 aromatic heterocycles. The monoisotopic (exact) mass is 785 g/mol. The van der Waals surface area contributed by atoms with Crippen molar-refractivity contribution in [3.05, 3.63) is 150 Å². The Bertz CT molecular complexity index is 2710. The SMILES string of the molecule is CC12CCCCC1(C)N(c1cc3c4c(c1)N1c5c(cc([Si](C)(C)C)cc5C5(c6ccccc6)CCCCC15C)B4c1ccccc1N3c1ccccc1)c1ccccc12. The number of hydrogen-bond acceptors (Lipinski definition) is 3. The molecule has 59 heavy (non-hydrogen) atoms. The average Bonchev–Trinajstić information content (AvgIpc) is 3.62. The molecule has 2 fully saturated rings. The van der Waals surface area contributed by atoms with Crippen LogP contribution in [0.15, 0.2) is 133 Å². The summed E-state index contributed by atoms with van der Waals surface area (Å²) < 4.78 is 0. The first-order valence-electron chi connectivity index (χ1n) is 22.6. The number of para-hydroxylation sites is 3. The molecule has 294 valence electrons. The lowest BCUT2D eigenvalue weighted by Crippen LogP contribution is -2.65. The van der Waals surface area contributed by atoms with Crippen LogP contribution < -0.4 is 36.3 Å². The van der Waals surface area contributed by atoms with Gasteiger partial charge in [-0.2, -0.15) is 0 Å². The van der Waals surface area contributed by atoms with Crippen LogP contribution in [0.25, 0.3) is 0 Å². The summed E-state index contributed by atoms with van der Waals surface area (Å²) in [6, 6.07) is 52.5. The topological polar surface area (TPSA) is 9.72 Å². The maximum Gasteiger partial charge on any atom is 0.252 e. The zero-order valence-electron chi connectivity index (χ0n) is 35.8. The zero-order valence-corrected chi connectivity index (χ0v) is 36.8. The molecule has 5 heteroatoms. The van der Waals surface area contributed by atoms with E-state index < -0.39 is 8.07 Å². The van der Waals surface area contributed by atoms with E-state index in [1.54, 1.807) is 10.8 Å². The van der Waals surface area contributed by atoms with Gasteiger partial charge >= 0.3 is 0 Å². The van der Waals surface area contributed by atoms with E-state index in [4.69, 9.17) is 0 Å². The summed E-state index contributed by atoms with van der Waals surface area (Å²) in [5.74, 6) is 0. The molecule has 0 radical (unpaired) electrons. The van der Waals surface area contributed by atoms with Crippen LogP contribution in [0.3, 0.4) is 0 Å². The summed E-state index contributed by atoms with van der Waals surface area (Å²) >= 11 is 0. The molecule has 4 unspecified atom stereocenters. The number of rotatable bonds is 4. The molecule has 6 aliphatic rings. The van der Waals surface area contributed by atoms with Crippen LogP contribution in [-0.2, 0) is 10.8 Å². The number of hydrogen-bond donors (Lipinski definition) is 0. The van der Waals surface area contributed by atoms with E-state index >= 15 is 0 Å². The first-order chi connectivity index (χ1) is 28.5. The zero-order chi connectivity index (χ0) is 40.1. The third-order valence-corrected chi connectivity index (χ3v) is 18.8. The lowest BCUT2D eigenvalue weighted by molar-refractivity contribution is 0.195. The van der Waals surface area contributed by atoms with Crippen molar-refractivity contribution < 1.29 is 0 Å². The molecule has 0 spiro atoms. The van der Waals surface area contributed by atoms with Crippen LogP contribution in [-0.4, -0.2) is 25.9 Å². The molecule has 4 aliphatic heterocycles. The maximum absolute atomic E-state index is 2.96. The molecule has 0 bridgehead atoms. The predicted octanol–water partition coefficient (Wildman–Crippen LogP) is 11.4. The minimum absolute atomic E-state index is 0.0447. The highest BCUT2D eigenvalue weighted by molar-refractivity contribution is 7.01. The Balaban J connectivity index is 1.24. The summed E-state index contributed by atoms with van der Waals surface area (Å²) in [5, 5.41) is 1.58. The molecule has 0 N–H and O–H groups in total. The molecule has 2 saturated carbocycles. The van der Waals surface area contributed by atoms with Gasteiger partial charge in [-0.3, -0.25) is 0 Å². The standard InChI is InChI=1S/C54H56BN3Si/c1-51-29-17-18-30-52(51,2)57(45-27-15-13-25-41(45)51)39-33-47-49-48(34-39)58-50-42(54(37-21-9-7-10-22-37)32-20-19-31-53(54,58)3)35-40(59(4,5)6)36-44(50)55(49)43-26-14-16-28-46(43)56(47)38-23-11-8-12-24-38/h7-16,21-28,33-36H,17-20,29-32H2,1-6H3. The summed E-state index contributed by atoms with van der Waals surface area (Å²) in [6.45, 7) is 15.6. The number of nitrogens with zero attached hydrogens (tertiary/aromatic N) is 3. The quantitative estimate of drug-likeness (QED) is 0.165. The highest BCUT2D eigenvalue weighted by atomic mass is 28.3. The van der Waals surface area contributed by atoms with Crippen molar-refractivity contribution in [1.29, 1.82) is 0 Å². The molecule has 3 nitrogen and oxygen atoms in total. The first kappa shape index (κ1) is 35.9. The van der Waals surface area contributed by atoms with Gasteiger partial charge in [0.2, 0.25) is 0 Å². The lowest BCUT2D eigenvalue weighted by atomic mass is 9.33. The highest BCUT2D eigenvalue weighted by Crippen LogP contribution is 2.66. The molecular weight excluding hydrogens is 730 g/mol. The van der Waals surface area contributed by atoms with E-state index in [0.29, 0.717) is 0 Å². The lowest BCUT2D eigenvalue weighted by Gasteiger charge is -2.54. The van der Waals surface area contributed by atoms with Crippen molar-refractivity contribution in [2.75, 3.05) is 14.7 Å². The average molecular weight is 786 g/mol. The molecule has 0 amide bonds. The summed E-state index contributed by atoms with van der Waals surface area (Å²) in [7, 11) is -1.75. The number of fused-ring (bicyclic) bond motifs is 10. The van der Waals surface area contributed by atoms with Gasteiger partial charge in [0.1, 0.15) is 0 Å². The van der Waals surface area contributed by atoms with Gasteiger partial charge in [-0.1, -0.05) is 154 Å². The Morgan fingerprint density at radius 3 is 1.90 bits per heavy atom. The third kappa shape index (κ3) is 4.40. The van der Waals surface area contributed by atoms with Gasteiger partial charge in [0, 0.05) is 50.6 Å². The van der Waals surface area contributed by atoms with Gasteiger partial charge in [-0.15, -0.1) is 0 Å². The number of benzene rings is 6. The van der Waals surface area contributed by atoms with Crippen molar-refractivity contribution in [3.63, 3.8) is 0 Å². The van der Waals surface area contributed by atoms with Gasteiger partial charge in [0.05, 0.1) is 19.2 Å². The normalized spacial score (nSPS) is 27.1. The molecule has 0 saturated heterocycles. The first-order valence-corrected chi connectivity index (χ1v) is 26.1. The highest BCUT2D eigenvalue weighted by Gasteiger charge is 2.65. The Morgan fingerprint density at radius 1 is 0.508 bits per heavy atom. The van der Waals surface area contributed by atoms with Gasteiger partial charge in [0.15, 0.2) is 0 Å². The second kappa shape index (κ2) is 12.1. The molecular formula is C54H56BN3Si. The van der Waals surface area contributed by atoms with Gasteiger partial charge in [-0.25, -0.2) is 0 Å². The summed E-state index contributed by atoms with van der Waals surface area (Å²) in [4.78, 5) is 8.40. The van der Waals surface area contributed by atoms with E-state index in [0.717, 1.165) is 6.42 Å². The molecule has 4 atom stereocenters. The van der Waals surface area contributed by atoms with Crippen LogP contribution in [0.1, 0.15) is 88.8 Å². The van der Waals surface area contributed by atoms with Crippen LogP contribution in [0.5, 0.6) is 0 Å². The van der Waals surface area contributed by atoms with Crippen molar-refractivity contribution in [3.8, 4) is 0 Å². The van der Waals surface area contributed by atoms with Crippen LogP contribution in [0.4, 0.5) is 39.8 Å². The van der Waals surface area contributed by atoms with Crippen LogP contribution in [0.2, 0.25) is 19.6 Å². The van der Waals surface area contributed by atoms with Crippen LogP contribution >= 0.6 is 0 Å². The fourth-order valence-corrected chi connectivity index (χ4v) is 15.0. The Morgan fingerprint density at radius 2 is 1.14 bits per heavy atom. The maximum atomic E-state index is 2.96. The smallest absolute Gasteiger partial charge is 0.252 e. The minimum Gasteiger partial charge on any atom is -0.335 e. The van der Waals surface area contributed by atoms with Gasteiger partial charge < -0.3 is 14.7 Å². The van der Waals surface area contributed by atoms with Crippen molar-refractivity contribution in [1.82, 2.24) is 0 Å². The third-order valence-electron chi connectivity index (χ3n) is 16.8. The molecule has 12 rings (SSSR count). The summed E-state index contributed by atoms with van der Waals surface area (Å²) in [6.07, 6.45) is 9.77. The van der Waals surface area contributed by atoms with E-state index in [1.807, 2.05) is 0 Å². The second-order valence-corrected chi connectivity index (χ2v) is 25.6. The van der Waals surface area contributed by atoms with Gasteiger partial charge in [-0.05, 0) is 109 Å². The second-order valence-electron chi connectivity index (χ2n) is 20.5. The van der Waals surface area contributed by atoms with Crippen molar-refractivity contribution >= 4 is 76.2 Å². The fourth-order valence-electron chi connectivity index (χ4n) is 13.8. The fraction of sp³-hybridized carbons (Fsp3) is 0.333. The van der Waals surface area contributed by atoms with E-state index in [-0.39, 0.29) is 28.6 Å². The molecule has 6 aromatic carbocycles.